The van der Waals surface area contributed by atoms with E-state index in [0.29, 0.717) is 9.54 Å². The standard InChI is InChI=1S/C27H29.C13H10.C10H15.2ClH.Zr/c1-16-7-9-26(3,4)24-12-18-11-19-13-25-21(17(2)8-10-27(25,5)6)15-23(19)22(18)14-20(16)24;1-3-7-12(8-4-1)11-13-9-5-2-6-10-13;1-8-5-6-9(7-8)10(2,3)4;;;/h7-9,12-15H,10-11H2,1-6H3;1-10H;6-8H,1-4H3;2*1H;/q;;;;;+2/p-2. The monoisotopic (exact) mass is 814 g/mol. The van der Waals surface area contributed by atoms with Gasteiger partial charge in [0.15, 0.2) is 0 Å². The summed E-state index contributed by atoms with van der Waals surface area (Å²) in [5, 5.41) is 0. The molecule has 53 heavy (non-hydrogen) atoms. The van der Waals surface area contributed by atoms with Gasteiger partial charge in [0.05, 0.1) is 0 Å². The third kappa shape index (κ3) is 6.77. The van der Waals surface area contributed by atoms with E-state index < -0.39 is 21.3 Å². The molecule has 0 radical (unpaired) electrons. The van der Waals surface area contributed by atoms with E-state index in [1.54, 1.807) is 12.1 Å². The van der Waals surface area contributed by atoms with Crippen LogP contribution in [0.4, 0.5) is 0 Å². The molecule has 4 aromatic carbocycles. The molecule has 0 spiro atoms. The van der Waals surface area contributed by atoms with Crippen molar-refractivity contribution in [1.82, 2.24) is 0 Å². The Kier molecular flexibility index (Phi) is 10.8. The Morgan fingerprint density at radius 3 is 1.74 bits per heavy atom. The molecule has 3 heteroatoms. The fourth-order valence-corrected chi connectivity index (χ4v) is 19.5. The Morgan fingerprint density at radius 1 is 0.679 bits per heavy atom. The van der Waals surface area contributed by atoms with E-state index in [4.69, 9.17) is 0 Å². The van der Waals surface area contributed by atoms with Crippen LogP contribution in [0.2, 0.25) is 3.63 Å². The number of hydrogen-bond donors (Lipinski definition) is 0. The molecular formula is C50H54Cl2Zr. The molecule has 0 aliphatic heterocycles. The molecule has 0 N–H and O–H groups in total. The van der Waals surface area contributed by atoms with Gasteiger partial charge in [-0.3, -0.25) is 0 Å². The third-order valence-corrected chi connectivity index (χ3v) is 22.1. The Bertz CT molecular complexity index is 2210. The fourth-order valence-electron chi connectivity index (χ4n) is 9.48. The summed E-state index contributed by atoms with van der Waals surface area (Å²) in [5.41, 5.74) is 19.4. The number of benzene rings is 4. The second-order valence-corrected chi connectivity index (χ2v) is 24.3. The van der Waals surface area contributed by atoms with Crippen molar-refractivity contribution in [3.05, 3.63) is 163 Å². The van der Waals surface area contributed by atoms with Crippen LogP contribution in [0.15, 0.2) is 118 Å². The first kappa shape index (κ1) is 39.9. The van der Waals surface area contributed by atoms with Crippen LogP contribution in [-0.4, -0.2) is 3.21 Å². The molecule has 2 unspecified atom stereocenters. The molecule has 272 valence electrons. The van der Waals surface area contributed by atoms with E-state index in [1.165, 1.54) is 66.8 Å². The summed E-state index contributed by atoms with van der Waals surface area (Å²) in [5.74, 6) is 0.448. The van der Waals surface area contributed by atoms with Crippen molar-refractivity contribution in [1.29, 1.82) is 0 Å². The second kappa shape index (κ2) is 14.4. The Hall–Kier alpha value is -2.83. The van der Waals surface area contributed by atoms with E-state index in [-0.39, 0.29) is 41.1 Å². The van der Waals surface area contributed by atoms with Crippen LogP contribution in [0.3, 0.4) is 0 Å². The summed E-state index contributed by atoms with van der Waals surface area (Å²) < 4.78 is 3.84. The topological polar surface area (TPSA) is 0 Å². The fraction of sp³-hybridized carbons (Fsp3) is 0.340. The van der Waals surface area contributed by atoms with Crippen LogP contribution in [0.1, 0.15) is 120 Å². The van der Waals surface area contributed by atoms with Gasteiger partial charge in [0.2, 0.25) is 0 Å². The third-order valence-electron chi connectivity index (χ3n) is 12.7. The maximum absolute atomic E-state index is 2.78. The first-order valence-electron chi connectivity index (χ1n) is 19.2. The van der Waals surface area contributed by atoms with Gasteiger partial charge in [-0.1, -0.05) is 0 Å². The van der Waals surface area contributed by atoms with Gasteiger partial charge < -0.3 is 24.8 Å². The quantitative estimate of drug-likeness (QED) is 0.180. The molecule has 0 amide bonds. The van der Waals surface area contributed by atoms with Crippen LogP contribution in [-0.2, 0) is 38.5 Å². The summed E-state index contributed by atoms with van der Waals surface area (Å²) in [6.45, 7) is 24.3. The predicted molar refractivity (Wildman–Crippen MR) is 217 cm³/mol. The van der Waals surface area contributed by atoms with Gasteiger partial charge >= 0.3 is 317 Å². The second-order valence-electron chi connectivity index (χ2n) is 18.1. The largest absolute Gasteiger partial charge is 1.00 e. The van der Waals surface area contributed by atoms with E-state index in [1.807, 2.05) is 0 Å². The number of halogens is 2. The number of hydrogen-bond acceptors (Lipinski definition) is 0. The van der Waals surface area contributed by atoms with Crippen molar-refractivity contribution >= 4 is 14.4 Å². The molecule has 0 bridgehead atoms. The molecule has 0 fully saturated rings. The average Bonchev–Trinajstić information content (AvgIpc) is 3.66. The average molecular weight is 817 g/mol. The van der Waals surface area contributed by atoms with Gasteiger partial charge in [-0.05, 0) is 0 Å². The van der Waals surface area contributed by atoms with Crippen LogP contribution < -0.4 is 24.8 Å². The van der Waals surface area contributed by atoms with Gasteiger partial charge in [0, 0.05) is 0 Å². The molecule has 0 heterocycles. The Balaban J connectivity index is 0.00000240. The molecule has 4 aliphatic carbocycles. The Labute approximate surface area is 339 Å². The van der Waals surface area contributed by atoms with Gasteiger partial charge in [-0.15, -0.1) is 0 Å². The summed E-state index contributed by atoms with van der Waals surface area (Å²) in [6.07, 6.45) is 12.6. The van der Waals surface area contributed by atoms with Crippen molar-refractivity contribution in [3.63, 3.8) is 0 Å². The number of rotatable bonds is 4. The first-order valence-corrected chi connectivity index (χ1v) is 23.0. The summed E-state index contributed by atoms with van der Waals surface area (Å²) in [6, 6.07) is 33.1. The van der Waals surface area contributed by atoms with Gasteiger partial charge in [0.25, 0.3) is 0 Å². The van der Waals surface area contributed by atoms with E-state index in [0.717, 1.165) is 12.8 Å². The molecule has 0 nitrogen and oxygen atoms in total. The zero-order valence-corrected chi connectivity index (χ0v) is 37.2. The van der Waals surface area contributed by atoms with E-state index in [2.05, 4.69) is 178 Å². The number of allylic oxidation sites excluding steroid dienone is 8. The molecule has 0 aromatic heterocycles. The zero-order valence-electron chi connectivity index (χ0n) is 33.2. The summed E-state index contributed by atoms with van der Waals surface area (Å²) in [4.78, 5) is 0. The zero-order chi connectivity index (χ0) is 36.0. The minimum atomic E-state index is -2.78. The first-order chi connectivity index (χ1) is 24.1. The maximum atomic E-state index is 2.75. The molecule has 4 aromatic rings. The van der Waals surface area contributed by atoms with Crippen molar-refractivity contribution in [2.24, 2.45) is 11.3 Å². The van der Waals surface area contributed by atoms with E-state index in [9.17, 15) is 0 Å². The van der Waals surface area contributed by atoms with Crippen molar-refractivity contribution in [2.75, 3.05) is 0 Å². The van der Waals surface area contributed by atoms with E-state index >= 15 is 0 Å². The van der Waals surface area contributed by atoms with Crippen LogP contribution in [0.25, 0.3) is 22.3 Å². The molecule has 0 saturated heterocycles. The molecular weight excluding hydrogens is 763 g/mol. The van der Waals surface area contributed by atoms with Gasteiger partial charge in [-0.25, -0.2) is 0 Å². The SMILES string of the molecule is CC1=CCC(C)(C)c2cc3c(cc21)-c1cc2c(cc1C3)C(C)(C)[CH]([Zr+2]([C]1=CC(C(C)(C)C)=CC1C)=[C](c1ccccc1)c1ccccc1)C=C2C.[Cl-].[Cl-]. The van der Waals surface area contributed by atoms with Crippen LogP contribution in [0, 0.1) is 11.3 Å². The molecule has 8 rings (SSSR count). The van der Waals surface area contributed by atoms with Crippen molar-refractivity contribution < 1.29 is 46.1 Å². The van der Waals surface area contributed by atoms with Crippen molar-refractivity contribution in [2.45, 2.75) is 96.5 Å². The van der Waals surface area contributed by atoms with Crippen LogP contribution >= 0.6 is 0 Å². The minimum Gasteiger partial charge on any atom is -1.00 e. The van der Waals surface area contributed by atoms with Gasteiger partial charge in [0.1, 0.15) is 0 Å². The van der Waals surface area contributed by atoms with Crippen molar-refractivity contribution in [3.8, 4) is 11.1 Å². The molecule has 0 saturated carbocycles. The van der Waals surface area contributed by atoms with Crippen LogP contribution in [0.5, 0.6) is 0 Å². The normalized spacial score (nSPS) is 20.0. The smallest absolute Gasteiger partial charge is 1.00 e. The Morgan fingerprint density at radius 2 is 1.21 bits per heavy atom. The summed E-state index contributed by atoms with van der Waals surface area (Å²) in [7, 11) is 0. The summed E-state index contributed by atoms with van der Waals surface area (Å²) >= 11 is -2.78. The maximum Gasteiger partial charge on any atom is -1.00 e. The predicted octanol–water partition coefficient (Wildman–Crippen LogP) is 7.23. The molecule has 4 aliphatic rings. The number of fused-ring (bicyclic) bond motifs is 5. The van der Waals surface area contributed by atoms with Gasteiger partial charge in [-0.2, -0.15) is 0 Å². The minimum absolute atomic E-state index is 0. The molecule has 2 atom stereocenters.